The highest BCUT2D eigenvalue weighted by Crippen LogP contribution is 2.25. The molecule has 7 heteroatoms. The van der Waals surface area contributed by atoms with Crippen LogP contribution in [0.25, 0.3) is 0 Å². The Labute approximate surface area is 135 Å². The number of anilines is 1. The summed E-state index contributed by atoms with van der Waals surface area (Å²) in [5, 5.41) is 18.5. The first-order valence-electron chi connectivity index (χ1n) is 7.27. The van der Waals surface area contributed by atoms with Gasteiger partial charge in [0.2, 0.25) is 0 Å². The Bertz CT molecular complexity index is 644. The second-order valence-electron chi connectivity index (χ2n) is 6.12. The highest BCUT2D eigenvalue weighted by Gasteiger charge is 2.30. The molecule has 7 nitrogen and oxygen atoms in total. The van der Waals surface area contributed by atoms with Gasteiger partial charge < -0.3 is 9.84 Å². The van der Waals surface area contributed by atoms with Crippen molar-refractivity contribution in [3.05, 3.63) is 23.4 Å². The third kappa shape index (κ3) is 4.68. The predicted octanol–water partition coefficient (Wildman–Crippen LogP) is 3.89. The zero-order valence-electron chi connectivity index (χ0n) is 14.0. The summed E-state index contributed by atoms with van der Waals surface area (Å²) >= 11 is 0. The maximum Gasteiger partial charge on any atom is 0.425 e. The Hall–Kier alpha value is -2.62. The van der Waals surface area contributed by atoms with Crippen LogP contribution in [0.15, 0.2) is 12.1 Å². The van der Waals surface area contributed by atoms with Crippen LogP contribution in [0.5, 0.6) is 0 Å². The average Bonchev–Trinajstić information content (AvgIpc) is 2.44. The van der Waals surface area contributed by atoms with Crippen LogP contribution in [-0.2, 0) is 4.74 Å². The van der Waals surface area contributed by atoms with Crippen molar-refractivity contribution >= 4 is 18.0 Å². The Morgan fingerprint density at radius 1 is 1.43 bits per heavy atom. The number of aromatic nitrogens is 1. The molecule has 0 fully saturated rings. The van der Waals surface area contributed by atoms with Crippen molar-refractivity contribution in [1.82, 2.24) is 4.98 Å². The van der Waals surface area contributed by atoms with Gasteiger partial charge in [-0.2, -0.15) is 10.2 Å². The van der Waals surface area contributed by atoms with Crippen molar-refractivity contribution in [2.24, 2.45) is 0 Å². The van der Waals surface area contributed by atoms with Crippen molar-refractivity contribution in [2.45, 2.75) is 52.6 Å². The molecule has 0 spiro atoms. The van der Waals surface area contributed by atoms with Crippen molar-refractivity contribution < 1.29 is 19.4 Å². The number of pyridine rings is 1. The van der Waals surface area contributed by atoms with Gasteiger partial charge in [0.1, 0.15) is 17.5 Å². The first-order valence-corrected chi connectivity index (χ1v) is 7.27. The highest BCUT2D eigenvalue weighted by molar-refractivity contribution is 6.07. The van der Waals surface area contributed by atoms with E-state index in [1.54, 1.807) is 20.8 Å². The van der Waals surface area contributed by atoms with Gasteiger partial charge in [0.25, 0.3) is 0 Å². The van der Waals surface area contributed by atoms with Gasteiger partial charge in [0.15, 0.2) is 0 Å². The lowest BCUT2D eigenvalue weighted by Crippen LogP contribution is -2.40. The zero-order valence-corrected chi connectivity index (χ0v) is 14.0. The monoisotopic (exact) mass is 319 g/mol. The standard InChI is InChI=1S/C16H21N3O4/c1-6-10(2)13-11(9-17)7-8-12(18-13)19(14(20)21)15(22)23-16(3,4)5/h7-8,10H,6H2,1-5H3,(H,20,21). The summed E-state index contributed by atoms with van der Waals surface area (Å²) in [6, 6.07) is 4.81. The maximum atomic E-state index is 12.1. The summed E-state index contributed by atoms with van der Waals surface area (Å²) in [7, 11) is 0. The molecule has 1 aromatic heterocycles. The van der Waals surface area contributed by atoms with Crippen molar-refractivity contribution in [3.8, 4) is 6.07 Å². The number of hydrogen-bond acceptors (Lipinski definition) is 5. The van der Waals surface area contributed by atoms with Gasteiger partial charge in [-0.05, 0) is 45.2 Å². The molecule has 2 amide bonds. The molecular formula is C16H21N3O4. The average molecular weight is 319 g/mol. The molecule has 0 bridgehead atoms. The lowest BCUT2D eigenvalue weighted by atomic mass is 10.00. The Morgan fingerprint density at radius 3 is 2.48 bits per heavy atom. The summed E-state index contributed by atoms with van der Waals surface area (Å²) in [4.78, 5) is 28.2. The second kappa shape index (κ2) is 7.09. The van der Waals surface area contributed by atoms with E-state index in [0.717, 1.165) is 6.42 Å². The normalized spacial score (nSPS) is 12.2. The summed E-state index contributed by atoms with van der Waals surface area (Å²) in [6.45, 7) is 8.74. The first-order chi connectivity index (χ1) is 10.6. The van der Waals surface area contributed by atoms with Crippen molar-refractivity contribution in [2.75, 3.05) is 4.90 Å². The largest absolute Gasteiger partial charge is 0.464 e. The smallest absolute Gasteiger partial charge is 0.425 e. The lowest BCUT2D eigenvalue weighted by molar-refractivity contribution is 0.0581. The molecule has 0 radical (unpaired) electrons. The van der Waals surface area contributed by atoms with Crippen LogP contribution in [0, 0.1) is 11.3 Å². The van der Waals surface area contributed by atoms with Gasteiger partial charge in [-0.25, -0.2) is 14.6 Å². The number of nitrogens with zero attached hydrogens (tertiary/aromatic N) is 3. The predicted molar refractivity (Wildman–Crippen MR) is 84.4 cm³/mol. The minimum absolute atomic E-state index is 0.0427. The molecule has 124 valence electrons. The number of ether oxygens (including phenoxy) is 1. The van der Waals surface area contributed by atoms with E-state index in [1.807, 2.05) is 19.9 Å². The van der Waals surface area contributed by atoms with Crippen LogP contribution >= 0.6 is 0 Å². The fraction of sp³-hybridized carbons (Fsp3) is 0.500. The molecule has 1 N–H and O–H groups in total. The first kappa shape index (κ1) is 18.4. The summed E-state index contributed by atoms with van der Waals surface area (Å²) in [6.07, 6.45) is -1.80. The molecule has 1 heterocycles. The summed E-state index contributed by atoms with van der Waals surface area (Å²) in [5.74, 6) is -0.125. The molecule has 1 aromatic rings. The number of hydrogen-bond donors (Lipinski definition) is 1. The molecule has 0 saturated carbocycles. The number of carbonyl (C=O) groups is 2. The molecule has 1 rings (SSSR count). The van der Waals surface area contributed by atoms with Crippen molar-refractivity contribution in [3.63, 3.8) is 0 Å². The minimum Gasteiger partial charge on any atom is -0.464 e. The van der Waals surface area contributed by atoms with Crippen LogP contribution in [0.3, 0.4) is 0 Å². The number of carbonyl (C=O) groups excluding carboxylic acids is 1. The van der Waals surface area contributed by atoms with Gasteiger partial charge in [0, 0.05) is 0 Å². The summed E-state index contributed by atoms with van der Waals surface area (Å²) < 4.78 is 5.10. The second-order valence-corrected chi connectivity index (χ2v) is 6.12. The van der Waals surface area contributed by atoms with Crippen LogP contribution in [0.2, 0.25) is 0 Å². The van der Waals surface area contributed by atoms with Crippen LogP contribution < -0.4 is 4.90 Å². The van der Waals surface area contributed by atoms with E-state index in [4.69, 9.17) is 10.00 Å². The van der Waals surface area contributed by atoms with Gasteiger partial charge in [-0.1, -0.05) is 13.8 Å². The minimum atomic E-state index is -1.49. The zero-order chi connectivity index (χ0) is 17.8. The highest BCUT2D eigenvalue weighted by atomic mass is 16.6. The van der Waals surface area contributed by atoms with Gasteiger partial charge in [-0.3, -0.25) is 0 Å². The van der Waals surface area contributed by atoms with E-state index in [1.165, 1.54) is 12.1 Å². The molecule has 0 saturated heterocycles. The van der Waals surface area contributed by atoms with Crippen LogP contribution in [0.4, 0.5) is 15.4 Å². The number of amides is 2. The third-order valence-electron chi connectivity index (χ3n) is 3.11. The van der Waals surface area contributed by atoms with E-state index in [2.05, 4.69) is 4.98 Å². The van der Waals surface area contributed by atoms with E-state index >= 15 is 0 Å². The lowest BCUT2D eigenvalue weighted by Gasteiger charge is -2.24. The third-order valence-corrected chi connectivity index (χ3v) is 3.11. The van der Waals surface area contributed by atoms with Crippen molar-refractivity contribution in [1.29, 1.82) is 5.26 Å². The van der Waals surface area contributed by atoms with Crippen LogP contribution in [-0.4, -0.2) is 27.9 Å². The molecule has 1 unspecified atom stereocenters. The van der Waals surface area contributed by atoms with E-state index in [9.17, 15) is 14.7 Å². The quantitative estimate of drug-likeness (QED) is 0.906. The van der Waals surface area contributed by atoms with Crippen LogP contribution in [0.1, 0.15) is 58.2 Å². The fourth-order valence-corrected chi connectivity index (χ4v) is 1.83. The Kier molecular flexibility index (Phi) is 5.68. The molecule has 0 aliphatic carbocycles. The van der Waals surface area contributed by atoms with Gasteiger partial charge >= 0.3 is 12.2 Å². The number of nitriles is 1. The van der Waals surface area contributed by atoms with E-state index in [-0.39, 0.29) is 11.7 Å². The van der Waals surface area contributed by atoms with Gasteiger partial charge in [0.05, 0.1) is 11.3 Å². The summed E-state index contributed by atoms with van der Waals surface area (Å²) in [5.41, 5.74) is -0.0170. The topological polar surface area (TPSA) is 104 Å². The maximum absolute atomic E-state index is 12.1. The van der Waals surface area contributed by atoms with E-state index in [0.29, 0.717) is 16.2 Å². The molecular weight excluding hydrogens is 298 g/mol. The number of imide groups is 1. The fourth-order valence-electron chi connectivity index (χ4n) is 1.83. The molecule has 1 atom stereocenters. The molecule has 0 aliphatic rings. The number of carboxylic acid groups (broad SMARTS) is 1. The Morgan fingerprint density at radius 2 is 2.04 bits per heavy atom. The molecule has 0 aromatic carbocycles. The number of rotatable bonds is 3. The SMILES string of the molecule is CCC(C)c1nc(N(C(=O)O)C(=O)OC(C)(C)C)ccc1C#N. The van der Waals surface area contributed by atoms with E-state index < -0.39 is 17.8 Å². The van der Waals surface area contributed by atoms with Gasteiger partial charge in [-0.15, -0.1) is 0 Å². The Balaban J connectivity index is 3.32. The molecule has 23 heavy (non-hydrogen) atoms. The molecule has 0 aliphatic heterocycles.